The summed E-state index contributed by atoms with van der Waals surface area (Å²) in [4.78, 5) is 22.4. The van der Waals surface area contributed by atoms with Gasteiger partial charge in [-0.2, -0.15) is 0 Å². The van der Waals surface area contributed by atoms with Gasteiger partial charge in [-0.25, -0.2) is 0 Å². The first-order valence-corrected chi connectivity index (χ1v) is 5.97. The Morgan fingerprint density at radius 1 is 1.24 bits per heavy atom. The fourth-order valence-corrected chi connectivity index (χ4v) is 1.77. The third-order valence-electron chi connectivity index (χ3n) is 2.52. The predicted octanol–water partition coefficient (Wildman–Crippen LogP) is 2.62. The summed E-state index contributed by atoms with van der Waals surface area (Å²) in [6, 6.07) is 9.85. The molecule has 1 atom stereocenters. The molecule has 1 aromatic rings. The average Bonchev–Trinajstić information content (AvgIpc) is 2.28. The second-order valence-corrected chi connectivity index (χ2v) is 4.20. The molecule has 0 aliphatic rings. The van der Waals surface area contributed by atoms with Crippen LogP contribution in [0.2, 0.25) is 0 Å². The Hall–Kier alpha value is -1.64. The number of ketones is 1. The third kappa shape index (κ3) is 4.81. The van der Waals surface area contributed by atoms with Gasteiger partial charge in [-0.3, -0.25) is 9.59 Å². The van der Waals surface area contributed by atoms with E-state index in [1.807, 2.05) is 30.3 Å². The van der Waals surface area contributed by atoms with Gasteiger partial charge in [-0.1, -0.05) is 43.7 Å². The summed E-state index contributed by atoms with van der Waals surface area (Å²) in [7, 11) is 0. The molecular formula is C14H19NO2. The summed E-state index contributed by atoms with van der Waals surface area (Å²) in [6.07, 6.45) is 1.83. The van der Waals surface area contributed by atoms with Crippen LogP contribution in [0.5, 0.6) is 0 Å². The van der Waals surface area contributed by atoms with Crippen molar-refractivity contribution < 1.29 is 9.59 Å². The van der Waals surface area contributed by atoms with Crippen molar-refractivity contribution in [3.63, 3.8) is 0 Å². The monoisotopic (exact) mass is 233 g/mol. The Morgan fingerprint density at radius 2 is 1.88 bits per heavy atom. The van der Waals surface area contributed by atoms with Crippen LogP contribution in [0.15, 0.2) is 30.3 Å². The molecule has 0 saturated heterocycles. The van der Waals surface area contributed by atoms with Crippen molar-refractivity contribution in [3.05, 3.63) is 35.9 Å². The molecule has 0 heterocycles. The number of hydrogen-bond donors (Lipinski definition) is 1. The second kappa shape index (κ2) is 6.84. The summed E-state index contributed by atoms with van der Waals surface area (Å²) in [5.74, 6) is -0.300. The molecule has 1 amide bonds. The largest absolute Gasteiger partial charge is 0.349 e. The first-order chi connectivity index (χ1) is 8.13. The lowest BCUT2D eigenvalue weighted by Gasteiger charge is -2.18. The normalized spacial score (nSPS) is 11.9. The van der Waals surface area contributed by atoms with E-state index in [9.17, 15) is 9.59 Å². The molecule has 3 nitrogen and oxygen atoms in total. The zero-order chi connectivity index (χ0) is 12.7. The van der Waals surface area contributed by atoms with E-state index >= 15 is 0 Å². The maximum absolute atomic E-state index is 11.6. The van der Waals surface area contributed by atoms with Gasteiger partial charge < -0.3 is 5.32 Å². The van der Waals surface area contributed by atoms with Gasteiger partial charge in [0, 0.05) is 0 Å². The molecule has 0 saturated carbocycles. The van der Waals surface area contributed by atoms with Crippen LogP contribution in [0.25, 0.3) is 0 Å². The van der Waals surface area contributed by atoms with Gasteiger partial charge in [0.15, 0.2) is 0 Å². The molecule has 3 heteroatoms. The van der Waals surface area contributed by atoms with Crippen molar-refractivity contribution in [2.24, 2.45) is 0 Å². The zero-order valence-corrected chi connectivity index (χ0v) is 10.4. The van der Waals surface area contributed by atoms with E-state index < -0.39 is 0 Å². The highest BCUT2D eigenvalue weighted by Crippen LogP contribution is 2.18. The molecule has 17 heavy (non-hydrogen) atoms. The lowest BCUT2D eigenvalue weighted by Crippen LogP contribution is -2.29. The molecule has 0 bridgehead atoms. The van der Waals surface area contributed by atoms with Crippen LogP contribution in [0.4, 0.5) is 0 Å². The summed E-state index contributed by atoms with van der Waals surface area (Å²) < 4.78 is 0. The first-order valence-electron chi connectivity index (χ1n) is 5.97. The summed E-state index contributed by atoms with van der Waals surface area (Å²) in [5, 5.41) is 2.91. The fourth-order valence-electron chi connectivity index (χ4n) is 1.77. The van der Waals surface area contributed by atoms with Crippen molar-refractivity contribution >= 4 is 11.7 Å². The molecule has 1 N–H and O–H groups in total. The number of hydrogen-bond acceptors (Lipinski definition) is 2. The molecule has 0 spiro atoms. The van der Waals surface area contributed by atoms with Gasteiger partial charge in [0.05, 0.1) is 12.5 Å². The summed E-state index contributed by atoms with van der Waals surface area (Å²) in [6.45, 7) is 3.50. The van der Waals surface area contributed by atoms with E-state index in [0.29, 0.717) is 0 Å². The minimum Gasteiger partial charge on any atom is -0.349 e. The standard InChI is InChI=1S/C14H19NO2/c1-3-7-13(12-8-5-4-6-9-12)15-14(17)10-11(2)16/h4-6,8-9,13H,3,7,10H2,1-2H3,(H,15,17). The molecule has 1 rings (SSSR count). The van der Waals surface area contributed by atoms with Gasteiger partial charge in [0.25, 0.3) is 0 Å². The lowest BCUT2D eigenvalue weighted by molar-refractivity contribution is -0.127. The van der Waals surface area contributed by atoms with Crippen LogP contribution in [0.3, 0.4) is 0 Å². The number of carbonyl (C=O) groups excluding carboxylic acids is 2. The van der Waals surface area contributed by atoms with E-state index in [0.717, 1.165) is 18.4 Å². The molecule has 92 valence electrons. The minimum absolute atomic E-state index is 0.00745. The number of Topliss-reactive ketones (excluding diaryl/α,β-unsaturated/α-hetero) is 1. The van der Waals surface area contributed by atoms with Crippen molar-refractivity contribution in [1.29, 1.82) is 0 Å². The van der Waals surface area contributed by atoms with Crippen molar-refractivity contribution in [2.45, 2.75) is 39.2 Å². The van der Waals surface area contributed by atoms with Gasteiger partial charge in [-0.05, 0) is 18.9 Å². The van der Waals surface area contributed by atoms with Crippen LogP contribution in [-0.2, 0) is 9.59 Å². The lowest BCUT2D eigenvalue weighted by atomic mass is 10.0. The highest BCUT2D eigenvalue weighted by molar-refractivity contribution is 5.96. The Balaban J connectivity index is 2.67. The summed E-state index contributed by atoms with van der Waals surface area (Å²) >= 11 is 0. The molecule has 0 aliphatic carbocycles. The van der Waals surface area contributed by atoms with Crippen LogP contribution in [-0.4, -0.2) is 11.7 Å². The molecule has 0 radical (unpaired) electrons. The molecule has 0 aromatic heterocycles. The number of amides is 1. The van der Waals surface area contributed by atoms with E-state index in [1.54, 1.807) is 0 Å². The Morgan fingerprint density at radius 3 is 2.41 bits per heavy atom. The topological polar surface area (TPSA) is 46.2 Å². The maximum atomic E-state index is 11.6. The smallest absolute Gasteiger partial charge is 0.227 e. The van der Waals surface area contributed by atoms with E-state index in [4.69, 9.17) is 0 Å². The fraction of sp³-hybridized carbons (Fsp3) is 0.429. The van der Waals surface area contributed by atoms with Gasteiger partial charge >= 0.3 is 0 Å². The summed E-state index contributed by atoms with van der Waals surface area (Å²) in [5.41, 5.74) is 1.09. The van der Waals surface area contributed by atoms with E-state index in [1.165, 1.54) is 6.92 Å². The third-order valence-corrected chi connectivity index (χ3v) is 2.52. The second-order valence-electron chi connectivity index (χ2n) is 4.20. The number of nitrogens with one attached hydrogen (secondary N) is 1. The SMILES string of the molecule is CCCC(NC(=O)CC(C)=O)c1ccccc1. The van der Waals surface area contributed by atoms with Crippen molar-refractivity contribution in [2.75, 3.05) is 0 Å². The van der Waals surface area contributed by atoms with Crippen LogP contribution >= 0.6 is 0 Å². The first kappa shape index (κ1) is 13.4. The average molecular weight is 233 g/mol. The Kier molecular flexibility index (Phi) is 5.40. The molecule has 0 fully saturated rings. The Labute approximate surface area is 102 Å². The highest BCUT2D eigenvalue weighted by atomic mass is 16.2. The molecular weight excluding hydrogens is 214 g/mol. The highest BCUT2D eigenvalue weighted by Gasteiger charge is 2.14. The van der Waals surface area contributed by atoms with Crippen LogP contribution < -0.4 is 5.32 Å². The molecule has 0 aliphatic heterocycles. The quantitative estimate of drug-likeness (QED) is 0.768. The molecule has 1 unspecified atom stereocenters. The van der Waals surface area contributed by atoms with E-state index in [2.05, 4.69) is 12.2 Å². The minimum atomic E-state index is -0.195. The number of carbonyl (C=O) groups is 2. The van der Waals surface area contributed by atoms with Crippen LogP contribution in [0, 0.1) is 0 Å². The number of rotatable bonds is 6. The van der Waals surface area contributed by atoms with Crippen molar-refractivity contribution in [3.8, 4) is 0 Å². The van der Waals surface area contributed by atoms with Gasteiger partial charge in [-0.15, -0.1) is 0 Å². The Bertz CT molecular complexity index is 373. The predicted molar refractivity (Wildman–Crippen MR) is 67.5 cm³/mol. The van der Waals surface area contributed by atoms with Gasteiger partial charge in [0.1, 0.15) is 5.78 Å². The van der Waals surface area contributed by atoms with Crippen molar-refractivity contribution in [1.82, 2.24) is 5.32 Å². The number of benzene rings is 1. The van der Waals surface area contributed by atoms with Crippen LogP contribution in [0.1, 0.15) is 44.7 Å². The molecule has 1 aromatic carbocycles. The van der Waals surface area contributed by atoms with Gasteiger partial charge in [0.2, 0.25) is 5.91 Å². The van der Waals surface area contributed by atoms with E-state index in [-0.39, 0.29) is 24.2 Å². The maximum Gasteiger partial charge on any atom is 0.227 e. The zero-order valence-electron chi connectivity index (χ0n) is 10.4.